The largest absolute Gasteiger partial charge is 0.452 e. The van der Waals surface area contributed by atoms with E-state index in [-0.39, 0.29) is 29.1 Å². The number of amides is 1. The van der Waals surface area contributed by atoms with Gasteiger partial charge in [-0.05, 0) is 30.7 Å². The Morgan fingerprint density at radius 1 is 1.09 bits per heavy atom. The van der Waals surface area contributed by atoms with Crippen molar-refractivity contribution in [1.82, 2.24) is 5.32 Å². The highest BCUT2D eigenvalue weighted by atomic mass is 35.5. The van der Waals surface area contributed by atoms with Gasteiger partial charge in [0.05, 0.1) is 21.7 Å². The number of ether oxygens (including phenoxy) is 1. The lowest BCUT2D eigenvalue weighted by Crippen LogP contribution is -2.31. The third kappa shape index (κ3) is 4.98. The van der Waals surface area contributed by atoms with Gasteiger partial charge in [0, 0.05) is 0 Å². The van der Waals surface area contributed by atoms with E-state index in [9.17, 15) is 9.59 Å². The molecule has 0 saturated carbocycles. The van der Waals surface area contributed by atoms with Gasteiger partial charge in [-0.1, -0.05) is 53.5 Å². The molecule has 2 aromatic rings. The summed E-state index contributed by atoms with van der Waals surface area (Å²) in [6.07, 6.45) is 0. The number of rotatable bonds is 5. The van der Waals surface area contributed by atoms with Gasteiger partial charge in [-0.3, -0.25) is 4.79 Å². The Morgan fingerprint density at radius 2 is 1.78 bits per heavy atom. The van der Waals surface area contributed by atoms with Crippen LogP contribution in [0.1, 0.15) is 28.9 Å². The second-order valence-electron chi connectivity index (χ2n) is 4.90. The molecule has 0 aliphatic carbocycles. The number of halogens is 2. The van der Waals surface area contributed by atoms with Crippen LogP contribution in [-0.4, -0.2) is 18.5 Å². The molecule has 1 atom stereocenters. The van der Waals surface area contributed by atoms with Crippen molar-refractivity contribution in [2.24, 2.45) is 0 Å². The van der Waals surface area contributed by atoms with Crippen LogP contribution in [0.5, 0.6) is 0 Å². The summed E-state index contributed by atoms with van der Waals surface area (Å²) in [5.74, 6) is -1.01. The van der Waals surface area contributed by atoms with Gasteiger partial charge in [-0.2, -0.15) is 0 Å². The van der Waals surface area contributed by atoms with E-state index >= 15 is 0 Å². The number of nitrogens with one attached hydrogen (secondary N) is 1. The number of carbonyl (C=O) groups is 2. The predicted molar refractivity (Wildman–Crippen MR) is 89.7 cm³/mol. The van der Waals surface area contributed by atoms with E-state index in [0.717, 1.165) is 5.56 Å². The number of esters is 1. The molecule has 0 heterocycles. The molecule has 0 bridgehead atoms. The van der Waals surface area contributed by atoms with Gasteiger partial charge < -0.3 is 10.1 Å². The first kappa shape index (κ1) is 17.3. The minimum absolute atomic E-state index is 0.174. The van der Waals surface area contributed by atoms with Crippen LogP contribution in [0.4, 0.5) is 0 Å². The van der Waals surface area contributed by atoms with Crippen LogP contribution in [0.2, 0.25) is 10.0 Å². The molecule has 0 radical (unpaired) electrons. The zero-order chi connectivity index (χ0) is 16.8. The Morgan fingerprint density at radius 3 is 2.43 bits per heavy atom. The lowest BCUT2D eigenvalue weighted by atomic mass is 10.1. The second kappa shape index (κ2) is 7.99. The van der Waals surface area contributed by atoms with Crippen LogP contribution in [0.25, 0.3) is 0 Å². The summed E-state index contributed by atoms with van der Waals surface area (Å²) in [5.41, 5.74) is 1.21. The molecular formula is C17H15Cl2NO3. The Labute approximate surface area is 144 Å². The van der Waals surface area contributed by atoms with E-state index in [1.165, 1.54) is 18.2 Å². The summed E-state index contributed by atoms with van der Waals surface area (Å²) >= 11 is 11.6. The number of benzene rings is 2. The first-order valence-corrected chi connectivity index (χ1v) is 7.69. The molecule has 120 valence electrons. The highest BCUT2D eigenvalue weighted by molar-refractivity contribution is 6.42. The van der Waals surface area contributed by atoms with Crippen LogP contribution < -0.4 is 5.32 Å². The Hall–Kier alpha value is -2.04. The molecule has 4 nitrogen and oxygen atoms in total. The maximum Gasteiger partial charge on any atom is 0.338 e. The normalized spacial score (nSPS) is 11.6. The second-order valence-corrected chi connectivity index (χ2v) is 5.72. The molecule has 1 N–H and O–H groups in total. The lowest BCUT2D eigenvalue weighted by molar-refractivity contribution is -0.124. The van der Waals surface area contributed by atoms with E-state index < -0.39 is 5.97 Å². The first-order chi connectivity index (χ1) is 11.0. The highest BCUT2D eigenvalue weighted by Gasteiger charge is 2.14. The molecule has 0 aliphatic rings. The van der Waals surface area contributed by atoms with E-state index in [4.69, 9.17) is 27.9 Å². The van der Waals surface area contributed by atoms with E-state index in [0.29, 0.717) is 5.02 Å². The van der Waals surface area contributed by atoms with E-state index in [1.54, 1.807) is 0 Å². The van der Waals surface area contributed by atoms with Crippen molar-refractivity contribution in [2.45, 2.75) is 13.0 Å². The van der Waals surface area contributed by atoms with Crippen molar-refractivity contribution in [2.75, 3.05) is 6.61 Å². The maximum atomic E-state index is 11.9. The molecule has 6 heteroatoms. The fourth-order valence-corrected chi connectivity index (χ4v) is 2.24. The zero-order valence-corrected chi connectivity index (χ0v) is 13.9. The summed E-state index contributed by atoms with van der Waals surface area (Å²) in [6, 6.07) is 13.7. The molecule has 0 aromatic heterocycles. The lowest BCUT2D eigenvalue weighted by Gasteiger charge is -2.14. The Balaban J connectivity index is 1.86. The van der Waals surface area contributed by atoms with Crippen LogP contribution in [0, 0.1) is 0 Å². The molecule has 0 fully saturated rings. The molecule has 1 amide bonds. The van der Waals surface area contributed by atoms with Gasteiger partial charge in [0.25, 0.3) is 5.91 Å². The van der Waals surface area contributed by atoms with Crippen molar-refractivity contribution in [3.63, 3.8) is 0 Å². The Kier molecular flexibility index (Phi) is 6.02. The van der Waals surface area contributed by atoms with Gasteiger partial charge in [-0.25, -0.2) is 4.79 Å². The summed E-state index contributed by atoms with van der Waals surface area (Å²) in [5, 5.41) is 3.36. The average molecular weight is 352 g/mol. The van der Waals surface area contributed by atoms with Crippen LogP contribution in [-0.2, 0) is 9.53 Å². The number of hydrogen-bond acceptors (Lipinski definition) is 3. The summed E-state index contributed by atoms with van der Waals surface area (Å²) < 4.78 is 4.97. The molecule has 0 aliphatic heterocycles. The molecular weight excluding hydrogens is 337 g/mol. The Bertz CT molecular complexity index is 704. The first-order valence-electron chi connectivity index (χ1n) is 6.94. The molecule has 0 spiro atoms. The molecule has 1 unspecified atom stereocenters. The van der Waals surface area contributed by atoms with Crippen LogP contribution >= 0.6 is 23.2 Å². The van der Waals surface area contributed by atoms with Gasteiger partial charge in [0.15, 0.2) is 6.61 Å². The van der Waals surface area contributed by atoms with Crippen molar-refractivity contribution < 1.29 is 14.3 Å². The third-order valence-electron chi connectivity index (χ3n) is 3.17. The van der Waals surface area contributed by atoms with Gasteiger partial charge in [0.1, 0.15) is 0 Å². The van der Waals surface area contributed by atoms with Crippen molar-refractivity contribution in [1.29, 1.82) is 0 Å². The topological polar surface area (TPSA) is 55.4 Å². The quantitative estimate of drug-likeness (QED) is 0.827. The van der Waals surface area contributed by atoms with Crippen molar-refractivity contribution >= 4 is 35.1 Å². The maximum absolute atomic E-state index is 11.9. The molecule has 2 rings (SSSR count). The number of carbonyl (C=O) groups excluding carboxylic acids is 2. The summed E-state index contributed by atoms with van der Waals surface area (Å²) in [7, 11) is 0. The zero-order valence-electron chi connectivity index (χ0n) is 12.4. The van der Waals surface area contributed by atoms with Crippen LogP contribution in [0.3, 0.4) is 0 Å². The monoisotopic (exact) mass is 351 g/mol. The van der Waals surface area contributed by atoms with Gasteiger partial charge in [0.2, 0.25) is 0 Å². The predicted octanol–water partition coefficient (Wildman–Crippen LogP) is 4.03. The van der Waals surface area contributed by atoms with Crippen LogP contribution in [0.15, 0.2) is 48.5 Å². The average Bonchev–Trinajstić information content (AvgIpc) is 2.56. The molecule has 2 aromatic carbocycles. The van der Waals surface area contributed by atoms with Crippen molar-refractivity contribution in [3.8, 4) is 0 Å². The minimum atomic E-state index is -0.633. The third-order valence-corrected chi connectivity index (χ3v) is 3.91. The number of hydrogen-bond donors (Lipinski definition) is 1. The molecule has 23 heavy (non-hydrogen) atoms. The van der Waals surface area contributed by atoms with E-state index in [1.807, 2.05) is 37.3 Å². The fraction of sp³-hybridized carbons (Fsp3) is 0.176. The minimum Gasteiger partial charge on any atom is -0.452 e. The van der Waals surface area contributed by atoms with Gasteiger partial charge >= 0.3 is 5.97 Å². The van der Waals surface area contributed by atoms with E-state index in [2.05, 4.69) is 5.32 Å². The fourth-order valence-electron chi connectivity index (χ4n) is 1.95. The highest BCUT2D eigenvalue weighted by Crippen LogP contribution is 2.22. The smallest absolute Gasteiger partial charge is 0.338 e. The summed E-state index contributed by atoms with van der Waals surface area (Å²) in [6.45, 7) is 1.49. The standard InChI is InChI=1S/C17H15Cl2NO3/c1-11(12-5-3-2-4-6-12)20-16(21)10-23-17(22)13-7-8-14(18)15(19)9-13/h2-9,11H,10H2,1H3,(H,20,21). The summed E-state index contributed by atoms with van der Waals surface area (Å²) in [4.78, 5) is 23.7. The SMILES string of the molecule is CC(NC(=O)COC(=O)c1ccc(Cl)c(Cl)c1)c1ccccc1. The molecule has 0 saturated heterocycles. The van der Waals surface area contributed by atoms with Gasteiger partial charge in [-0.15, -0.1) is 0 Å². The van der Waals surface area contributed by atoms with Crippen molar-refractivity contribution in [3.05, 3.63) is 69.7 Å².